The van der Waals surface area contributed by atoms with Crippen LogP contribution >= 0.6 is 0 Å². The molecule has 3 N–H and O–H groups in total. The number of pyridine rings is 1. The summed E-state index contributed by atoms with van der Waals surface area (Å²) in [5.41, 5.74) is 4.05. The fourth-order valence-corrected chi connectivity index (χ4v) is 1.82. The van der Waals surface area contributed by atoms with E-state index in [9.17, 15) is 0 Å². The van der Waals surface area contributed by atoms with Crippen molar-refractivity contribution in [1.29, 1.82) is 0 Å². The summed E-state index contributed by atoms with van der Waals surface area (Å²) < 4.78 is 0. The van der Waals surface area contributed by atoms with Gasteiger partial charge in [0.1, 0.15) is 0 Å². The molecule has 0 radical (unpaired) electrons. The average molecular weight is 193 g/mol. The minimum Gasteiger partial charge on any atom is -0.271 e. The molecule has 0 aliphatic carbocycles. The Morgan fingerprint density at radius 3 is 2.57 bits per heavy atom. The van der Waals surface area contributed by atoms with E-state index in [0.717, 1.165) is 12.8 Å². The molecule has 0 amide bonds. The number of nitrogens with one attached hydrogen (secondary N) is 1. The molecule has 1 rings (SSSR count). The van der Waals surface area contributed by atoms with Crippen molar-refractivity contribution in [3.05, 3.63) is 30.1 Å². The van der Waals surface area contributed by atoms with Crippen LogP contribution in [0.1, 0.15) is 38.3 Å². The Balaban J connectivity index is 2.81. The molecule has 0 aliphatic heterocycles. The molecule has 0 aliphatic rings. The lowest BCUT2D eigenvalue weighted by molar-refractivity contribution is 0.345. The van der Waals surface area contributed by atoms with Crippen LogP contribution in [0.15, 0.2) is 24.5 Å². The second-order valence-corrected chi connectivity index (χ2v) is 3.51. The molecule has 78 valence electrons. The summed E-state index contributed by atoms with van der Waals surface area (Å²) >= 11 is 0. The number of hydrazine groups is 1. The zero-order valence-corrected chi connectivity index (χ0v) is 8.90. The van der Waals surface area contributed by atoms with E-state index >= 15 is 0 Å². The summed E-state index contributed by atoms with van der Waals surface area (Å²) in [5, 5.41) is 0. The molecule has 0 aromatic carbocycles. The van der Waals surface area contributed by atoms with Gasteiger partial charge < -0.3 is 0 Å². The monoisotopic (exact) mass is 193 g/mol. The predicted molar refractivity (Wildman–Crippen MR) is 58.4 cm³/mol. The maximum atomic E-state index is 5.58. The van der Waals surface area contributed by atoms with Gasteiger partial charge >= 0.3 is 0 Å². The van der Waals surface area contributed by atoms with Crippen LogP contribution in [0.2, 0.25) is 0 Å². The molecule has 1 unspecified atom stereocenters. The van der Waals surface area contributed by atoms with Crippen molar-refractivity contribution in [3.8, 4) is 0 Å². The highest BCUT2D eigenvalue weighted by Crippen LogP contribution is 2.25. The van der Waals surface area contributed by atoms with E-state index in [4.69, 9.17) is 5.84 Å². The fraction of sp³-hybridized carbons (Fsp3) is 0.545. The van der Waals surface area contributed by atoms with Crippen molar-refractivity contribution in [2.75, 3.05) is 0 Å². The Labute approximate surface area is 85.7 Å². The van der Waals surface area contributed by atoms with E-state index in [1.54, 1.807) is 6.20 Å². The van der Waals surface area contributed by atoms with Crippen LogP contribution in [-0.2, 0) is 0 Å². The minimum absolute atomic E-state index is 0.221. The molecular weight excluding hydrogens is 174 g/mol. The van der Waals surface area contributed by atoms with E-state index < -0.39 is 0 Å². The normalized spacial score (nSPS) is 13.1. The maximum absolute atomic E-state index is 5.58. The average Bonchev–Trinajstić information content (AvgIpc) is 2.27. The van der Waals surface area contributed by atoms with E-state index in [2.05, 4.69) is 30.3 Å². The van der Waals surface area contributed by atoms with Crippen molar-refractivity contribution in [2.24, 2.45) is 11.8 Å². The molecule has 1 aromatic heterocycles. The number of nitrogens with two attached hydrogens (primary N) is 1. The van der Waals surface area contributed by atoms with Crippen LogP contribution in [0.5, 0.6) is 0 Å². The highest BCUT2D eigenvalue weighted by atomic mass is 15.2. The number of rotatable bonds is 5. The van der Waals surface area contributed by atoms with Gasteiger partial charge in [-0.2, -0.15) is 0 Å². The van der Waals surface area contributed by atoms with Gasteiger partial charge in [-0.25, -0.2) is 0 Å². The molecule has 3 nitrogen and oxygen atoms in total. The molecular formula is C11H19N3. The lowest BCUT2D eigenvalue weighted by Gasteiger charge is -2.24. The van der Waals surface area contributed by atoms with Gasteiger partial charge in [0.05, 0.1) is 6.04 Å². The van der Waals surface area contributed by atoms with Crippen LogP contribution in [0, 0.1) is 5.92 Å². The highest BCUT2D eigenvalue weighted by molar-refractivity contribution is 5.14. The van der Waals surface area contributed by atoms with Gasteiger partial charge in [-0.15, -0.1) is 0 Å². The van der Waals surface area contributed by atoms with Crippen LogP contribution in [0.3, 0.4) is 0 Å². The van der Waals surface area contributed by atoms with Crippen molar-refractivity contribution in [3.63, 3.8) is 0 Å². The third-order valence-corrected chi connectivity index (χ3v) is 2.74. The number of aromatic nitrogens is 1. The molecule has 1 atom stereocenters. The van der Waals surface area contributed by atoms with Gasteiger partial charge in [0.2, 0.25) is 0 Å². The smallest absolute Gasteiger partial charge is 0.0503 e. The topological polar surface area (TPSA) is 50.9 Å². The van der Waals surface area contributed by atoms with Gasteiger partial charge in [-0.05, 0) is 17.5 Å². The molecule has 0 spiro atoms. The Hall–Kier alpha value is -0.930. The number of nitrogens with zero attached hydrogens (tertiary/aromatic N) is 1. The first-order valence-corrected chi connectivity index (χ1v) is 5.19. The van der Waals surface area contributed by atoms with E-state index in [1.165, 1.54) is 5.56 Å². The second kappa shape index (κ2) is 5.73. The molecule has 0 bridgehead atoms. The second-order valence-electron chi connectivity index (χ2n) is 3.51. The quantitative estimate of drug-likeness (QED) is 0.555. The van der Waals surface area contributed by atoms with Gasteiger partial charge in [0.15, 0.2) is 0 Å². The summed E-state index contributed by atoms with van der Waals surface area (Å²) in [4.78, 5) is 4.11. The number of hydrogen-bond donors (Lipinski definition) is 2. The lowest BCUT2D eigenvalue weighted by Crippen LogP contribution is -2.33. The van der Waals surface area contributed by atoms with E-state index in [-0.39, 0.29) is 6.04 Å². The van der Waals surface area contributed by atoms with Crippen molar-refractivity contribution >= 4 is 0 Å². The Bertz CT molecular complexity index is 244. The largest absolute Gasteiger partial charge is 0.271 e. The number of hydrogen-bond acceptors (Lipinski definition) is 3. The first-order chi connectivity index (χ1) is 6.83. The Morgan fingerprint density at radius 1 is 1.43 bits per heavy atom. The van der Waals surface area contributed by atoms with Gasteiger partial charge in [0, 0.05) is 12.4 Å². The van der Waals surface area contributed by atoms with Gasteiger partial charge in [0.25, 0.3) is 0 Å². The van der Waals surface area contributed by atoms with Crippen molar-refractivity contribution in [2.45, 2.75) is 32.7 Å². The SMILES string of the molecule is CCC(CC)C(NN)c1cccnc1. The first-order valence-electron chi connectivity index (χ1n) is 5.19. The van der Waals surface area contributed by atoms with Crippen molar-refractivity contribution < 1.29 is 0 Å². The molecule has 1 heterocycles. The van der Waals surface area contributed by atoms with Gasteiger partial charge in [-0.3, -0.25) is 16.3 Å². The van der Waals surface area contributed by atoms with Crippen LogP contribution in [0.25, 0.3) is 0 Å². The lowest BCUT2D eigenvalue weighted by atomic mass is 9.90. The zero-order chi connectivity index (χ0) is 10.4. The third kappa shape index (κ3) is 2.53. The fourth-order valence-electron chi connectivity index (χ4n) is 1.82. The molecule has 14 heavy (non-hydrogen) atoms. The maximum Gasteiger partial charge on any atom is 0.0503 e. The van der Waals surface area contributed by atoms with Crippen LogP contribution in [-0.4, -0.2) is 4.98 Å². The highest BCUT2D eigenvalue weighted by Gasteiger charge is 2.18. The Morgan fingerprint density at radius 2 is 2.14 bits per heavy atom. The minimum atomic E-state index is 0.221. The molecule has 1 aromatic rings. The molecule has 3 heteroatoms. The summed E-state index contributed by atoms with van der Waals surface area (Å²) in [6, 6.07) is 4.23. The summed E-state index contributed by atoms with van der Waals surface area (Å²) in [5.74, 6) is 6.15. The predicted octanol–water partition coefficient (Wildman–Crippen LogP) is 2.02. The van der Waals surface area contributed by atoms with Crippen molar-refractivity contribution in [1.82, 2.24) is 10.4 Å². The van der Waals surface area contributed by atoms with E-state index in [1.807, 2.05) is 12.3 Å². The molecule has 0 fully saturated rings. The summed E-state index contributed by atoms with van der Waals surface area (Å²) in [6.07, 6.45) is 5.91. The molecule has 0 saturated carbocycles. The standard InChI is InChI=1S/C11H19N3/c1-3-9(4-2)11(14-12)10-6-5-7-13-8-10/h5-9,11,14H,3-4,12H2,1-2H3. The molecule has 0 saturated heterocycles. The van der Waals surface area contributed by atoms with Crippen LogP contribution in [0.4, 0.5) is 0 Å². The third-order valence-electron chi connectivity index (χ3n) is 2.74. The first kappa shape index (κ1) is 11.1. The summed E-state index contributed by atoms with van der Waals surface area (Å²) in [7, 11) is 0. The van der Waals surface area contributed by atoms with Crippen LogP contribution < -0.4 is 11.3 Å². The zero-order valence-electron chi connectivity index (χ0n) is 8.90. The summed E-state index contributed by atoms with van der Waals surface area (Å²) in [6.45, 7) is 4.38. The Kier molecular flexibility index (Phi) is 4.56. The van der Waals surface area contributed by atoms with E-state index in [0.29, 0.717) is 5.92 Å². The van der Waals surface area contributed by atoms with Gasteiger partial charge in [-0.1, -0.05) is 32.8 Å².